The highest BCUT2D eigenvalue weighted by Crippen LogP contribution is 2.21. The smallest absolute Gasteiger partial charge is 0.262 e. The van der Waals surface area contributed by atoms with Crippen molar-refractivity contribution in [2.75, 3.05) is 5.32 Å². The van der Waals surface area contributed by atoms with Crippen LogP contribution < -0.4 is 10.7 Å². The molecule has 0 unspecified atom stereocenters. The van der Waals surface area contributed by atoms with E-state index in [1.165, 1.54) is 6.21 Å². The molecule has 0 aliphatic heterocycles. The first kappa shape index (κ1) is 19.2. The fourth-order valence-electron chi connectivity index (χ4n) is 2.55. The zero-order chi connectivity index (χ0) is 18.9. The van der Waals surface area contributed by atoms with E-state index in [1.807, 2.05) is 50.2 Å². The second-order valence-corrected chi connectivity index (χ2v) is 6.00. The average molecular weight is 351 g/mol. The van der Waals surface area contributed by atoms with E-state index in [4.69, 9.17) is 0 Å². The molecule has 0 heterocycles. The van der Waals surface area contributed by atoms with Gasteiger partial charge in [0, 0.05) is 11.3 Å². The summed E-state index contributed by atoms with van der Waals surface area (Å²) in [5.41, 5.74) is 5.85. The molecule has 0 aromatic heterocycles. The quantitative estimate of drug-likeness (QED) is 0.385. The van der Waals surface area contributed by atoms with Crippen molar-refractivity contribution in [2.24, 2.45) is 5.10 Å². The van der Waals surface area contributed by atoms with Gasteiger partial charge in [0.05, 0.1) is 6.21 Å². The number of benzene rings is 2. The van der Waals surface area contributed by atoms with Crippen molar-refractivity contribution in [1.29, 1.82) is 0 Å². The molecule has 1 atom stereocenters. The second-order valence-electron chi connectivity index (χ2n) is 6.00. The number of aromatic hydroxyl groups is 1. The number of hydrazone groups is 1. The fourth-order valence-corrected chi connectivity index (χ4v) is 2.55. The van der Waals surface area contributed by atoms with Gasteiger partial charge in [-0.05, 0) is 43.0 Å². The lowest BCUT2D eigenvalue weighted by Gasteiger charge is -2.17. The number of anilines is 1. The number of carbonyl (C=O) groups excluding carboxylic acids is 1. The van der Waals surface area contributed by atoms with Crippen LogP contribution in [0.3, 0.4) is 0 Å². The maximum absolute atomic E-state index is 12.4. The predicted molar refractivity (Wildman–Crippen MR) is 107 cm³/mol. The van der Waals surface area contributed by atoms with Gasteiger partial charge in [0.15, 0.2) is 0 Å². The van der Waals surface area contributed by atoms with Crippen molar-refractivity contribution in [3.8, 4) is 5.75 Å². The van der Waals surface area contributed by atoms with E-state index in [0.29, 0.717) is 18.4 Å². The third kappa shape index (κ3) is 4.96. The summed E-state index contributed by atoms with van der Waals surface area (Å²) in [5, 5.41) is 17.4. The molecule has 2 rings (SSSR count). The number of nitrogens with one attached hydrogen (secondary N) is 2. The Bertz CT molecular complexity index is 800. The summed E-state index contributed by atoms with van der Waals surface area (Å²) in [5.74, 6) is -0.0794. The Balaban J connectivity index is 2.02. The van der Waals surface area contributed by atoms with Crippen LogP contribution in [-0.4, -0.2) is 23.3 Å². The Morgan fingerprint density at radius 1 is 1.27 bits per heavy atom. The minimum Gasteiger partial charge on any atom is -0.507 e. The molecular weight excluding hydrogens is 326 g/mol. The molecule has 0 aliphatic rings. The number of rotatable bonds is 8. The molecule has 0 fully saturated rings. The molecule has 5 nitrogen and oxygen atoms in total. The third-order valence-corrected chi connectivity index (χ3v) is 4.09. The number of phenolic OH excluding ortho intramolecular Hbond substituents is 1. The van der Waals surface area contributed by atoms with Crippen molar-refractivity contribution in [3.63, 3.8) is 0 Å². The van der Waals surface area contributed by atoms with E-state index in [0.717, 1.165) is 16.8 Å². The van der Waals surface area contributed by atoms with E-state index in [2.05, 4.69) is 22.4 Å². The molecule has 0 saturated carbocycles. The first-order chi connectivity index (χ1) is 12.6. The first-order valence-electron chi connectivity index (χ1n) is 8.63. The van der Waals surface area contributed by atoms with Gasteiger partial charge in [-0.1, -0.05) is 43.3 Å². The van der Waals surface area contributed by atoms with Gasteiger partial charge in [0.25, 0.3) is 5.91 Å². The number of nitrogens with zero attached hydrogens (tertiary/aromatic N) is 1. The maximum Gasteiger partial charge on any atom is 0.262 e. The fraction of sp³-hybridized carbons (Fsp3) is 0.238. The van der Waals surface area contributed by atoms with Crippen molar-refractivity contribution in [1.82, 2.24) is 5.43 Å². The molecule has 0 bridgehead atoms. The predicted octanol–water partition coefficient (Wildman–Crippen LogP) is 3.77. The maximum atomic E-state index is 12.4. The number of allylic oxidation sites excluding steroid dienone is 1. The van der Waals surface area contributed by atoms with Crippen LogP contribution >= 0.6 is 0 Å². The Labute approximate surface area is 154 Å². The summed E-state index contributed by atoms with van der Waals surface area (Å²) in [7, 11) is 0. The van der Waals surface area contributed by atoms with Crippen LogP contribution in [0.15, 0.2) is 60.2 Å². The molecule has 136 valence electrons. The Kier molecular flexibility index (Phi) is 6.97. The summed E-state index contributed by atoms with van der Waals surface area (Å²) in [6, 6.07) is 12.8. The standard InChI is InChI=1S/C21H25N3O2/c1-4-9-16-11-8-12-17(20(16)25)14-22-24-21(26)18(5-2)23-19-13-7-6-10-15(19)3/h4,6-8,10-14,18,23,25H,1,5,9H2,2-3H3,(H,24,26)/b22-14-/t18-/m1/s1. The zero-order valence-corrected chi connectivity index (χ0v) is 15.2. The van der Waals surface area contributed by atoms with Crippen LogP contribution in [0.5, 0.6) is 5.75 Å². The molecule has 0 radical (unpaired) electrons. The van der Waals surface area contributed by atoms with Crippen molar-refractivity contribution in [3.05, 3.63) is 71.8 Å². The third-order valence-electron chi connectivity index (χ3n) is 4.09. The number of aryl methyl sites for hydroxylation is 1. The molecule has 2 aromatic rings. The molecule has 2 aromatic carbocycles. The van der Waals surface area contributed by atoms with E-state index < -0.39 is 6.04 Å². The molecule has 5 heteroatoms. The van der Waals surface area contributed by atoms with Crippen LogP contribution in [0, 0.1) is 6.92 Å². The highest BCUT2D eigenvalue weighted by atomic mass is 16.3. The molecule has 0 spiro atoms. The van der Waals surface area contributed by atoms with Gasteiger partial charge in [-0.25, -0.2) is 5.43 Å². The van der Waals surface area contributed by atoms with E-state index in [-0.39, 0.29) is 11.7 Å². The normalized spacial score (nSPS) is 11.9. The van der Waals surface area contributed by atoms with Crippen molar-refractivity contribution < 1.29 is 9.90 Å². The lowest BCUT2D eigenvalue weighted by atomic mass is 10.1. The number of para-hydroxylation sites is 2. The highest BCUT2D eigenvalue weighted by Gasteiger charge is 2.16. The number of hydrogen-bond donors (Lipinski definition) is 3. The number of hydrogen-bond acceptors (Lipinski definition) is 4. The number of phenols is 1. The van der Waals surface area contributed by atoms with Gasteiger partial charge in [0.1, 0.15) is 11.8 Å². The molecule has 0 aliphatic carbocycles. The van der Waals surface area contributed by atoms with Gasteiger partial charge in [-0.2, -0.15) is 5.10 Å². The van der Waals surface area contributed by atoms with Crippen LogP contribution in [0.1, 0.15) is 30.0 Å². The molecule has 26 heavy (non-hydrogen) atoms. The van der Waals surface area contributed by atoms with E-state index >= 15 is 0 Å². The van der Waals surface area contributed by atoms with Crippen LogP contribution in [0.4, 0.5) is 5.69 Å². The van der Waals surface area contributed by atoms with Gasteiger partial charge in [0.2, 0.25) is 0 Å². The Morgan fingerprint density at radius 2 is 2.04 bits per heavy atom. The van der Waals surface area contributed by atoms with Crippen LogP contribution in [-0.2, 0) is 11.2 Å². The molecule has 1 amide bonds. The zero-order valence-electron chi connectivity index (χ0n) is 15.2. The highest BCUT2D eigenvalue weighted by molar-refractivity contribution is 5.88. The second kappa shape index (κ2) is 9.42. The van der Waals surface area contributed by atoms with Crippen molar-refractivity contribution in [2.45, 2.75) is 32.7 Å². The molecule has 0 saturated heterocycles. The Hall–Kier alpha value is -3.08. The van der Waals surface area contributed by atoms with Gasteiger partial charge in [-0.15, -0.1) is 6.58 Å². The summed E-state index contributed by atoms with van der Waals surface area (Å²) in [6.07, 6.45) is 4.36. The minimum absolute atomic E-state index is 0.149. The van der Waals surface area contributed by atoms with Crippen LogP contribution in [0.25, 0.3) is 0 Å². The van der Waals surface area contributed by atoms with Crippen molar-refractivity contribution >= 4 is 17.8 Å². The lowest BCUT2D eigenvalue weighted by molar-refractivity contribution is -0.121. The van der Waals surface area contributed by atoms with E-state index in [1.54, 1.807) is 12.1 Å². The van der Waals surface area contributed by atoms with Gasteiger partial charge >= 0.3 is 0 Å². The lowest BCUT2D eigenvalue weighted by Crippen LogP contribution is -2.37. The average Bonchev–Trinajstić information content (AvgIpc) is 2.64. The summed E-state index contributed by atoms with van der Waals surface area (Å²) >= 11 is 0. The summed E-state index contributed by atoms with van der Waals surface area (Å²) in [4.78, 5) is 12.4. The first-order valence-corrected chi connectivity index (χ1v) is 8.63. The number of carbonyl (C=O) groups is 1. The van der Waals surface area contributed by atoms with Crippen LogP contribution in [0.2, 0.25) is 0 Å². The topological polar surface area (TPSA) is 73.7 Å². The minimum atomic E-state index is -0.394. The number of amides is 1. The van der Waals surface area contributed by atoms with Gasteiger partial charge < -0.3 is 10.4 Å². The molecule has 3 N–H and O–H groups in total. The van der Waals surface area contributed by atoms with Gasteiger partial charge in [-0.3, -0.25) is 4.79 Å². The Morgan fingerprint density at radius 3 is 2.73 bits per heavy atom. The summed E-state index contributed by atoms with van der Waals surface area (Å²) in [6.45, 7) is 7.60. The van der Waals surface area contributed by atoms with E-state index in [9.17, 15) is 9.90 Å². The SMILES string of the molecule is C=CCc1cccc(/C=N\NC(=O)[C@@H](CC)Nc2ccccc2C)c1O. The monoisotopic (exact) mass is 351 g/mol. The summed E-state index contributed by atoms with van der Waals surface area (Å²) < 4.78 is 0. The largest absolute Gasteiger partial charge is 0.507 e. The molecular formula is C21H25N3O2.